The van der Waals surface area contributed by atoms with Gasteiger partial charge in [0.15, 0.2) is 0 Å². The minimum absolute atomic E-state index is 0.115. The molecule has 0 saturated carbocycles. The van der Waals surface area contributed by atoms with Crippen LogP contribution in [0, 0.1) is 0 Å². The molecule has 1 aromatic rings. The molecule has 0 heterocycles. The molecule has 0 aliphatic heterocycles. The van der Waals surface area contributed by atoms with Crippen molar-refractivity contribution in [1.82, 2.24) is 10.0 Å². The Bertz CT molecular complexity index is 656. The molecule has 0 fully saturated rings. The summed E-state index contributed by atoms with van der Waals surface area (Å²) in [7, 11) is -3.91. The fourth-order valence-corrected chi connectivity index (χ4v) is 3.75. The molecule has 9 heteroatoms. The third-order valence-electron chi connectivity index (χ3n) is 2.26. The van der Waals surface area contributed by atoms with Crippen molar-refractivity contribution in [3.05, 3.63) is 21.6 Å². The maximum absolute atomic E-state index is 12.2. The van der Waals surface area contributed by atoms with Crippen molar-refractivity contribution in [1.29, 1.82) is 0 Å². The van der Waals surface area contributed by atoms with Crippen LogP contribution in [0.3, 0.4) is 0 Å². The number of nitrogen functional groups attached to an aromatic ring is 1. The second-order valence-corrected chi connectivity index (χ2v) is 8.39. The summed E-state index contributed by atoms with van der Waals surface area (Å²) in [6.45, 7) is 5.02. The Hall–Kier alpha value is -0.830. The largest absolute Gasteiger partial charge is 0.398 e. The van der Waals surface area contributed by atoms with Gasteiger partial charge < -0.3 is 11.1 Å². The van der Waals surface area contributed by atoms with E-state index >= 15 is 0 Å². The van der Waals surface area contributed by atoms with E-state index in [1.54, 1.807) is 20.8 Å². The first-order valence-corrected chi connectivity index (χ1v) is 8.63. The van der Waals surface area contributed by atoms with Crippen molar-refractivity contribution in [2.75, 3.05) is 12.3 Å². The van der Waals surface area contributed by atoms with Crippen LogP contribution in [0.1, 0.15) is 20.8 Å². The first-order chi connectivity index (χ1) is 9.42. The van der Waals surface area contributed by atoms with E-state index in [1.807, 2.05) is 0 Å². The first-order valence-electron chi connectivity index (χ1n) is 5.97. The second kappa shape index (κ2) is 6.51. The number of halogens is 2. The zero-order chi connectivity index (χ0) is 16.4. The van der Waals surface area contributed by atoms with Crippen LogP contribution in [0.5, 0.6) is 0 Å². The fraction of sp³-hybridized carbons (Fsp3) is 0.417. The normalized spacial score (nSPS) is 12.2. The number of hydrogen-bond acceptors (Lipinski definition) is 4. The number of nitrogens with one attached hydrogen (secondary N) is 2. The lowest BCUT2D eigenvalue weighted by Crippen LogP contribution is -2.45. The minimum atomic E-state index is -3.91. The Morgan fingerprint density at radius 2 is 1.95 bits per heavy atom. The van der Waals surface area contributed by atoms with Crippen molar-refractivity contribution < 1.29 is 13.2 Å². The fourth-order valence-electron chi connectivity index (χ4n) is 1.48. The standard InChI is InChI=1S/C12H17BrClN3O3S/c1-12(2,3)17-10(18)6-16-21(19,20)9-5-7(14)4-8(15)11(9)13/h4-5,16H,6,15H2,1-3H3,(H,17,18). The van der Waals surface area contributed by atoms with Gasteiger partial charge in [-0.1, -0.05) is 11.6 Å². The topological polar surface area (TPSA) is 101 Å². The molecule has 1 amide bonds. The average Bonchev–Trinajstić information content (AvgIpc) is 2.29. The number of carbonyl (C=O) groups is 1. The number of carbonyl (C=O) groups excluding carboxylic acids is 1. The average molecular weight is 399 g/mol. The van der Waals surface area contributed by atoms with E-state index < -0.39 is 21.5 Å². The molecule has 0 radical (unpaired) electrons. The molecule has 4 N–H and O–H groups in total. The number of hydrogen-bond donors (Lipinski definition) is 3. The molecular formula is C12H17BrClN3O3S. The number of sulfonamides is 1. The molecular weight excluding hydrogens is 382 g/mol. The Morgan fingerprint density at radius 3 is 2.48 bits per heavy atom. The van der Waals surface area contributed by atoms with Crippen LogP contribution >= 0.6 is 27.5 Å². The SMILES string of the molecule is CC(C)(C)NC(=O)CNS(=O)(=O)c1cc(Cl)cc(N)c1Br. The Morgan fingerprint density at radius 1 is 1.38 bits per heavy atom. The van der Waals surface area contributed by atoms with Crippen molar-refractivity contribution in [2.45, 2.75) is 31.2 Å². The van der Waals surface area contributed by atoms with Gasteiger partial charge in [-0.15, -0.1) is 0 Å². The van der Waals surface area contributed by atoms with Crippen molar-refractivity contribution in [3.63, 3.8) is 0 Å². The van der Waals surface area contributed by atoms with Crippen LogP contribution in [-0.2, 0) is 14.8 Å². The molecule has 21 heavy (non-hydrogen) atoms. The van der Waals surface area contributed by atoms with Gasteiger partial charge in [-0.2, -0.15) is 0 Å². The van der Waals surface area contributed by atoms with E-state index in [-0.39, 0.29) is 26.6 Å². The minimum Gasteiger partial charge on any atom is -0.398 e. The predicted octanol–water partition coefficient (Wildman–Crippen LogP) is 1.88. The van der Waals surface area contributed by atoms with E-state index in [0.29, 0.717) is 0 Å². The number of nitrogens with two attached hydrogens (primary N) is 1. The monoisotopic (exact) mass is 397 g/mol. The summed E-state index contributed by atoms with van der Waals surface area (Å²) >= 11 is 8.91. The van der Waals surface area contributed by atoms with Crippen molar-refractivity contribution >= 4 is 49.1 Å². The lowest BCUT2D eigenvalue weighted by molar-refractivity contribution is -0.121. The summed E-state index contributed by atoms with van der Waals surface area (Å²) in [6.07, 6.45) is 0. The molecule has 0 aromatic heterocycles. The highest BCUT2D eigenvalue weighted by atomic mass is 79.9. The van der Waals surface area contributed by atoms with Gasteiger partial charge in [-0.05, 0) is 48.8 Å². The van der Waals surface area contributed by atoms with Crippen LogP contribution in [0.2, 0.25) is 5.02 Å². The van der Waals surface area contributed by atoms with E-state index in [4.69, 9.17) is 17.3 Å². The molecule has 1 rings (SSSR count). The highest BCUT2D eigenvalue weighted by Gasteiger charge is 2.22. The molecule has 118 valence electrons. The van der Waals surface area contributed by atoms with Gasteiger partial charge in [0.1, 0.15) is 0 Å². The van der Waals surface area contributed by atoms with Crippen molar-refractivity contribution in [3.8, 4) is 0 Å². The van der Waals surface area contributed by atoms with Crippen molar-refractivity contribution in [2.24, 2.45) is 0 Å². The number of benzene rings is 1. The van der Waals surface area contributed by atoms with Gasteiger partial charge in [-0.3, -0.25) is 4.79 Å². The quantitative estimate of drug-likeness (QED) is 0.674. The number of amides is 1. The summed E-state index contributed by atoms with van der Waals surface area (Å²) in [6, 6.07) is 2.68. The van der Waals surface area contributed by atoms with Gasteiger partial charge in [0.2, 0.25) is 15.9 Å². The Labute approximate surface area is 137 Å². The molecule has 0 bridgehead atoms. The molecule has 0 aliphatic carbocycles. The van der Waals surface area contributed by atoms with E-state index in [1.165, 1.54) is 12.1 Å². The molecule has 0 aliphatic rings. The van der Waals surface area contributed by atoms with Crippen LogP contribution < -0.4 is 15.8 Å². The Balaban J connectivity index is 2.91. The maximum atomic E-state index is 12.2. The van der Waals surface area contributed by atoms with Gasteiger partial charge >= 0.3 is 0 Å². The predicted molar refractivity (Wildman–Crippen MR) is 86.6 cm³/mol. The summed E-state index contributed by atoms with van der Waals surface area (Å²) in [4.78, 5) is 11.5. The summed E-state index contributed by atoms with van der Waals surface area (Å²) in [5.74, 6) is -0.433. The highest BCUT2D eigenvalue weighted by Crippen LogP contribution is 2.31. The van der Waals surface area contributed by atoms with Crippen LogP contribution in [0.15, 0.2) is 21.5 Å². The van der Waals surface area contributed by atoms with E-state index in [2.05, 4.69) is 26.0 Å². The smallest absolute Gasteiger partial charge is 0.242 e. The zero-order valence-corrected chi connectivity index (χ0v) is 15.0. The van der Waals surface area contributed by atoms with Crippen LogP contribution in [0.25, 0.3) is 0 Å². The molecule has 0 spiro atoms. The van der Waals surface area contributed by atoms with Gasteiger partial charge in [0.25, 0.3) is 0 Å². The lowest BCUT2D eigenvalue weighted by Gasteiger charge is -2.20. The number of rotatable bonds is 4. The third kappa shape index (κ3) is 5.46. The summed E-state index contributed by atoms with van der Waals surface area (Å²) in [5.41, 5.74) is 5.41. The van der Waals surface area contributed by atoms with Crippen LogP contribution in [0.4, 0.5) is 5.69 Å². The molecule has 0 saturated heterocycles. The van der Waals surface area contributed by atoms with E-state index in [0.717, 1.165) is 0 Å². The zero-order valence-electron chi connectivity index (χ0n) is 11.8. The third-order valence-corrected chi connectivity index (χ3v) is 5.05. The first kappa shape index (κ1) is 18.2. The molecule has 6 nitrogen and oxygen atoms in total. The summed E-state index contributed by atoms with van der Waals surface area (Å²) < 4.78 is 26.8. The second-order valence-electron chi connectivity index (χ2n) is 5.43. The highest BCUT2D eigenvalue weighted by molar-refractivity contribution is 9.10. The molecule has 0 unspecified atom stereocenters. The van der Waals surface area contributed by atoms with Gasteiger partial charge in [0, 0.05) is 16.2 Å². The Kier molecular flexibility index (Phi) is 5.65. The van der Waals surface area contributed by atoms with Gasteiger partial charge in [-0.25, -0.2) is 13.1 Å². The molecule has 0 atom stereocenters. The summed E-state index contributed by atoms with van der Waals surface area (Å²) in [5, 5.41) is 2.84. The molecule has 1 aromatic carbocycles. The maximum Gasteiger partial charge on any atom is 0.242 e. The lowest BCUT2D eigenvalue weighted by atomic mass is 10.1. The van der Waals surface area contributed by atoms with Crippen LogP contribution in [-0.4, -0.2) is 26.4 Å². The van der Waals surface area contributed by atoms with E-state index in [9.17, 15) is 13.2 Å². The van der Waals surface area contributed by atoms with Gasteiger partial charge in [0.05, 0.1) is 15.9 Å². The number of anilines is 1.